The van der Waals surface area contributed by atoms with Gasteiger partial charge in [0.1, 0.15) is 11.7 Å². The summed E-state index contributed by atoms with van der Waals surface area (Å²) in [6.45, 7) is 6.04. The molecule has 1 atom stereocenters. The van der Waals surface area contributed by atoms with Gasteiger partial charge < -0.3 is 9.84 Å². The largest absolute Gasteiger partial charge is 0.478 e. The predicted octanol–water partition coefficient (Wildman–Crippen LogP) is 3.45. The SMILES string of the molecule is CCOC(c1nc(C)c(C(=O)O)c(C)n1)C1CCCCC1. The molecule has 116 valence electrons. The van der Waals surface area contributed by atoms with Gasteiger partial charge in [-0.15, -0.1) is 0 Å². The summed E-state index contributed by atoms with van der Waals surface area (Å²) < 4.78 is 5.91. The Labute approximate surface area is 125 Å². The smallest absolute Gasteiger partial charge is 0.339 e. The normalized spacial score (nSPS) is 17.7. The zero-order valence-electron chi connectivity index (χ0n) is 13.1. The Balaban J connectivity index is 2.33. The quantitative estimate of drug-likeness (QED) is 0.900. The molecule has 1 aliphatic carbocycles. The van der Waals surface area contributed by atoms with E-state index in [1.54, 1.807) is 13.8 Å². The number of hydrogen-bond donors (Lipinski definition) is 1. The summed E-state index contributed by atoms with van der Waals surface area (Å²) in [6.07, 6.45) is 5.88. The summed E-state index contributed by atoms with van der Waals surface area (Å²) in [4.78, 5) is 20.1. The third-order valence-electron chi connectivity index (χ3n) is 4.18. The number of carbonyl (C=O) groups is 1. The van der Waals surface area contributed by atoms with Crippen molar-refractivity contribution in [1.82, 2.24) is 9.97 Å². The highest BCUT2D eigenvalue weighted by Gasteiger charge is 2.29. The standard InChI is InChI=1S/C16H24N2O3/c1-4-21-14(12-8-6-5-7-9-12)15-17-10(2)13(16(19)20)11(3)18-15/h12,14H,4-9H2,1-3H3,(H,19,20). The van der Waals surface area contributed by atoms with E-state index in [-0.39, 0.29) is 11.7 Å². The highest BCUT2D eigenvalue weighted by molar-refractivity contribution is 5.89. The van der Waals surface area contributed by atoms with Crippen molar-refractivity contribution in [2.45, 2.75) is 59.0 Å². The van der Waals surface area contributed by atoms with Gasteiger partial charge in [-0.05, 0) is 39.5 Å². The van der Waals surface area contributed by atoms with Crippen LogP contribution < -0.4 is 0 Å². The average Bonchev–Trinajstić information content (AvgIpc) is 2.44. The van der Waals surface area contributed by atoms with Crippen LogP contribution in [-0.2, 0) is 4.74 Å². The molecule has 1 aromatic rings. The lowest BCUT2D eigenvalue weighted by atomic mass is 9.84. The summed E-state index contributed by atoms with van der Waals surface area (Å²) in [5, 5.41) is 9.22. The van der Waals surface area contributed by atoms with E-state index in [1.165, 1.54) is 19.3 Å². The molecule has 0 bridgehead atoms. The van der Waals surface area contributed by atoms with Crippen LogP contribution in [0.4, 0.5) is 0 Å². The van der Waals surface area contributed by atoms with Gasteiger partial charge in [0.25, 0.3) is 0 Å². The van der Waals surface area contributed by atoms with Crippen LogP contribution in [0.1, 0.15) is 72.7 Å². The van der Waals surface area contributed by atoms with E-state index >= 15 is 0 Å². The summed E-state index contributed by atoms with van der Waals surface area (Å²) >= 11 is 0. The minimum absolute atomic E-state index is 0.115. The van der Waals surface area contributed by atoms with Gasteiger partial charge in [0, 0.05) is 6.61 Å². The number of nitrogens with zero attached hydrogens (tertiary/aromatic N) is 2. The molecule has 1 unspecified atom stereocenters. The number of hydrogen-bond acceptors (Lipinski definition) is 4. The molecule has 5 nitrogen and oxygen atoms in total. The van der Waals surface area contributed by atoms with Crippen molar-refractivity contribution < 1.29 is 14.6 Å². The van der Waals surface area contributed by atoms with E-state index in [2.05, 4.69) is 9.97 Å². The number of aromatic carboxylic acids is 1. The van der Waals surface area contributed by atoms with Gasteiger partial charge >= 0.3 is 5.97 Å². The molecule has 2 rings (SSSR count). The van der Waals surface area contributed by atoms with E-state index < -0.39 is 5.97 Å². The number of aromatic nitrogens is 2. The first kappa shape index (κ1) is 15.9. The Kier molecular flexibility index (Phi) is 5.28. The van der Waals surface area contributed by atoms with E-state index in [0.717, 1.165) is 12.8 Å². The Morgan fingerprint density at radius 3 is 2.29 bits per heavy atom. The molecule has 0 aromatic carbocycles. The fourth-order valence-corrected chi connectivity index (χ4v) is 3.22. The maximum Gasteiger partial charge on any atom is 0.339 e. The van der Waals surface area contributed by atoms with Gasteiger partial charge in [-0.3, -0.25) is 0 Å². The Morgan fingerprint density at radius 1 is 1.24 bits per heavy atom. The molecule has 1 aliphatic rings. The zero-order chi connectivity index (χ0) is 15.4. The lowest BCUT2D eigenvalue weighted by Gasteiger charge is -2.29. The number of carboxylic acids is 1. The highest BCUT2D eigenvalue weighted by atomic mass is 16.5. The first-order chi connectivity index (χ1) is 10.0. The number of ether oxygens (including phenoxy) is 1. The summed E-state index contributed by atoms with van der Waals surface area (Å²) in [5.41, 5.74) is 1.24. The lowest BCUT2D eigenvalue weighted by molar-refractivity contribution is -0.000453. The van der Waals surface area contributed by atoms with Crippen LogP contribution in [0.5, 0.6) is 0 Å². The van der Waals surface area contributed by atoms with Crippen molar-refractivity contribution >= 4 is 5.97 Å². The van der Waals surface area contributed by atoms with Gasteiger partial charge in [-0.25, -0.2) is 14.8 Å². The zero-order valence-corrected chi connectivity index (χ0v) is 13.1. The molecular formula is C16H24N2O3. The van der Waals surface area contributed by atoms with Crippen LogP contribution in [0.15, 0.2) is 0 Å². The molecule has 0 aliphatic heterocycles. The molecule has 21 heavy (non-hydrogen) atoms. The van der Waals surface area contributed by atoms with Crippen molar-refractivity contribution in [3.05, 3.63) is 22.8 Å². The molecule has 1 heterocycles. The number of rotatable bonds is 5. The number of aryl methyl sites for hydroxylation is 2. The minimum Gasteiger partial charge on any atom is -0.478 e. The van der Waals surface area contributed by atoms with Gasteiger partial charge in [0.2, 0.25) is 0 Å². The highest BCUT2D eigenvalue weighted by Crippen LogP contribution is 2.36. The molecule has 0 saturated heterocycles. The third kappa shape index (κ3) is 3.59. The lowest BCUT2D eigenvalue weighted by Crippen LogP contribution is -2.23. The molecule has 0 radical (unpaired) electrons. The maximum atomic E-state index is 11.2. The van der Waals surface area contributed by atoms with Crippen LogP contribution in [0.2, 0.25) is 0 Å². The second kappa shape index (κ2) is 6.98. The van der Waals surface area contributed by atoms with Crippen molar-refractivity contribution in [3.8, 4) is 0 Å². The molecule has 1 N–H and O–H groups in total. The third-order valence-corrected chi connectivity index (χ3v) is 4.18. The van der Waals surface area contributed by atoms with E-state index in [4.69, 9.17) is 4.74 Å². The average molecular weight is 292 g/mol. The molecule has 1 saturated carbocycles. The van der Waals surface area contributed by atoms with Crippen LogP contribution in [0.25, 0.3) is 0 Å². The van der Waals surface area contributed by atoms with Gasteiger partial charge in [0.15, 0.2) is 5.82 Å². The van der Waals surface area contributed by atoms with E-state index in [9.17, 15) is 9.90 Å². The molecule has 1 aromatic heterocycles. The fourth-order valence-electron chi connectivity index (χ4n) is 3.22. The first-order valence-electron chi connectivity index (χ1n) is 7.74. The molecule has 5 heteroatoms. The Bertz CT molecular complexity index is 487. The molecule has 0 spiro atoms. The van der Waals surface area contributed by atoms with Crippen LogP contribution >= 0.6 is 0 Å². The second-order valence-electron chi connectivity index (χ2n) is 5.71. The monoisotopic (exact) mass is 292 g/mol. The van der Waals surface area contributed by atoms with Gasteiger partial charge in [-0.2, -0.15) is 0 Å². The summed E-state index contributed by atoms with van der Waals surface area (Å²) in [6, 6.07) is 0. The predicted molar refractivity (Wildman–Crippen MR) is 79.4 cm³/mol. The van der Waals surface area contributed by atoms with E-state index in [0.29, 0.717) is 29.7 Å². The summed E-state index contributed by atoms with van der Waals surface area (Å²) in [7, 11) is 0. The molecule has 0 amide bonds. The number of carboxylic acid groups (broad SMARTS) is 1. The minimum atomic E-state index is -0.970. The van der Waals surface area contributed by atoms with Crippen molar-refractivity contribution in [2.24, 2.45) is 5.92 Å². The van der Waals surface area contributed by atoms with Crippen molar-refractivity contribution in [3.63, 3.8) is 0 Å². The van der Waals surface area contributed by atoms with Crippen LogP contribution in [0.3, 0.4) is 0 Å². The fraction of sp³-hybridized carbons (Fsp3) is 0.688. The second-order valence-corrected chi connectivity index (χ2v) is 5.71. The Hall–Kier alpha value is -1.49. The first-order valence-corrected chi connectivity index (χ1v) is 7.74. The van der Waals surface area contributed by atoms with Crippen molar-refractivity contribution in [2.75, 3.05) is 6.61 Å². The summed E-state index contributed by atoms with van der Waals surface area (Å²) in [5.74, 6) is 0.110. The van der Waals surface area contributed by atoms with Crippen molar-refractivity contribution in [1.29, 1.82) is 0 Å². The van der Waals surface area contributed by atoms with Gasteiger partial charge in [0.05, 0.1) is 11.4 Å². The van der Waals surface area contributed by atoms with Crippen LogP contribution in [-0.4, -0.2) is 27.7 Å². The molecular weight excluding hydrogens is 268 g/mol. The Morgan fingerprint density at radius 2 is 1.81 bits per heavy atom. The van der Waals surface area contributed by atoms with Crippen LogP contribution in [0, 0.1) is 19.8 Å². The maximum absolute atomic E-state index is 11.2. The topological polar surface area (TPSA) is 72.3 Å². The van der Waals surface area contributed by atoms with E-state index in [1.807, 2.05) is 6.92 Å². The molecule has 1 fully saturated rings. The van der Waals surface area contributed by atoms with Gasteiger partial charge in [-0.1, -0.05) is 19.3 Å².